The van der Waals surface area contributed by atoms with E-state index in [0.717, 1.165) is 25.7 Å². The molecule has 1 fully saturated rings. The summed E-state index contributed by atoms with van der Waals surface area (Å²) in [6, 6.07) is 0. The summed E-state index contributed by atoms with van der Waals surface area (Å²) in [5, 5.41) is 18.2. The Labute approximate surface area is 111 Å². The van der Waals surface area contributed by atoms with E-state index in [1.165, 1.54) is 7.05 Å². The standard InChI is InChI=1S/C13H23NO2.CH5N/c1-10(15)5-13(4)7-11(16-9-14)6-12(2,3)8-13;1-2/h10-11,15H,5-8H2,1-4H3;2H2,1H3. The van der Waals surface area contributed by atoms with Crippen LogP contribution in [0.25, 0.3) is 0 Å². The smallest absolute Gasteiger partial charge is 0.286 e. The molecular formula is C14H28N2O2. The van der Waals surface area contributed by atoms with E-state index in [2.05, 4.69) is 26.5 Å². The van der Waals surface area contributed by atoms with E-state index in [-0.39, 0.29) is 23.0 Å². The van der Waals surface area contributed by atoms with Crippen molar-refractivity contribution in [3.8, 4) is 6.26 Å². The van der Waals surface area contributed by atoms with Crippen LogP contribution in [-0.2, 0) is 4.74 Å². The van der Waals surface area contributed by atoms with Crippen LogP contribution in [0.4, 0.5) is 0 Å². The normalized spacial score (nSPS) is 31.6. The lowest BCUT2D eigenvalue weighted by atomic mass is 9.61. The summed E-state index contributed by atoms with van der Waals surface area (Å²) in [6.45, 7) is 8.43. The molecule has 1 rings (SSSR count). The van der Waals surface area contributed by atoms with Gasteiger partial charge in [-0.1, -0.05) is 20.8 Å². The summed E-state index contributed by atoms with van der Waals surface area (Å²) < 4.78 is 5.12. The van der Waals surface area contributed by atoms with Crippen molar-refractivity contribution in [1.82, 2.24) is 0 Å². The lowest BCUT2D eigenvalue weighted by Crippen LogP contribution is -2.40. The van der Waals surface area contributed by atoms with Crippen LogP contribution < -0.4 is 5.73 Å². The van der Waals surface area contributed by atoms with Crippen molar-refractivity contribution >= 4 is 0 Å². The van der Waals surface area contributed by atoms with Crippen LogP contribution in [0.1, 0.15) is 53.4 Å². The van der Waals surface area contributed by atoms with Gasteiger partial charge in [0.1, 0.15) is 6.10 Å². The number of rotatable bonds is 3. The van der Waals surface area contributed by atoms with E-state index in [9.17, 15) is 5.11 Å². The number of nitrogens with two attached hydrogens (primary N) is 1. The fourth-order valence-electron chi connectivity index (χ4n) is 3.56. The zero-order valence-corrected chi connectivity index (χ0v) is 12.4. The van der Waals surface area contributed by atoms with Crippen molar-refractivity contribution in [2.45, 2.75) is 65.6 Å². The van der Waals surface area contributed by atoms with Gasteiger partial charge in [0.2, 0.25) is 0 Å². The van der Waals surface area contributed by atoms with Gasteiger partial charge in [0.25, 0.3) is 6.26 Å². The highest BCUT2D eigenvalue weighted by molar-refractivity contribution is 4.93. The molecular weight excluding hydrogens is 228 g/mol. The van der Waals surface area contributed by atoms with Gasteiger partial charge in [0.15, 0.2) is 0 Å². The molecule has 0 spiro atoms. The van der Waals surface area contributed by atoms with E-state index in [1.807, 2.05) is 6.92 Å². The number of nitrogens with zero attached hydrogens (tertiary/aromatic N) is 1. The molecule has 4 nitrogen and oxygen atoms in total. The van der Waals surface area contributed by atoms with Gasteiger partial charge in [-0.2, -0.15) is 5.26 Å². The van der Waals surface area contributed by atoms with Crippen molar-refractivity contribution < 1.29 is 9.84 Å². The maximum absolute atomic E-state index is 9.55. The molecule has 0 amide bonds. The molecule has 0 aromatic carbocycles. The molecule has 106 valence electrons. The molecule has 0 saturated heterocycles. The zero-order valence-electron chi connectivity index (χ0n) is 12.4. The molecule has 18 heavy (non-hydrogen) atoms. The number of aliphatic hydroxyl groups excluding tert-OH is 1. The molecule has 1 aliphatic rings. The summed E-state index contributed by atoms with van der Waals surface area (Å²) in [6.07, 6.45) is 5.18. The fourth-order valence-corrected chi connectivity index (χ4v) is 3.56. The first kappa shape index (κ1) is 17.2. The highest BCUT2D eigenvalue weighted by Crippen LogP contribution is 2.49. The Kier molecular flexibility index (Phi) is 6.66. The van der Waals surface area contributed by atoms with Gasteiger partial charge in [-0.05, 0) is 50.5 Å². The molecule has 4 heteroatoms. The van der Waals surface area contributed by atoms with Gasteiger partial charge >= 0.3 is 0 Å². The number of hydrogen-bond acceptors (Lipinski definition) is 4. The predicted molar refractivity (Wildman–Crippen MR) is 72.6 cm³/mol. The summed E-state index contributed by atoms with van der Waals surface area (Å²) >= 11 is 0. The molecule has 0 aromatic rings. The van der Waals surface area contributed by atoms with E-state index < -0.39 is 0 Å². The highest BCUT2D eigenvalue weighted by Gasteiger charge is 2.42. The van der Waals surface area contributed by atoms with Gasteiger partial charge in [0.05, 0.1) is 6.10 Å². The van der Waals surface area contributed by atoms with Crippen molar-refractivity contribution in [1.29, 1.82) is 5.26 Å². The van der Waals surface area contributed by atoms with Crippen LogP contribution in [-0.4, -0.2) is 24.4 Å². The average molecular weight is 256 g/mol. The minimum Gasteiger partial charge on any atom is -0.424 e. The van der Waals surface area contributed by atoms with E-state index >= 15 is 0 Å². The summed E-state index contributed by atoms with van der Waals surface area (Å²) in [4.78, 5) is 0. The monoisotopic (exact) mass is 256 g/mol. The molecule has 3 N–H and O–H groups in total. The van der Waals surface area contributed by atoms with Crippen LogP contribution >= 0.6 is 0 Å². The molecule has 3 atom stereocenters. The second-order valence-corrected chi connectivity index (χ2v) is 6.44. The van der Waals surface area contributed by atoms with Crippen molar-refractivity contribution in [2.24, 2.45) is 16.6 Å². The Hall–Kier alpha value is -0.790. The lowest BCUT2D eigenvalue weighted by Gasteiger charge is -2.46. The van der Waals surface area contributed by atoms with Gasteiger partial charge < -0.3 is 15.6 Å². The van der Waals surface area contributed by atoms with Gasteiger partial charge in [-0.15, -0.1) is 0 Å². The highest BCUT2D eigenvalue weighted by atomic mass is 16.5. The Morgan fingerprint density at radius 3 is 2.39 bits per heavy atom. The van der Waals surface area contributed by atoms with Crippen LogP contribution in [0.2, 0.25) is 0 Å². The second kappa shape index (κ2) is 6.96. The van der Waals surface area contributed by atoms with Crippen molar-refractivity contribution in [3.05, 3.63) is 0 Å². The number of nitriles is 1. The third-order valence-corrected chi connectivity index (χ3v) is 3.41. The first-order valence-corrected chi connectivity index (χ1v) is 6.57. The Balaban J connectivity index is 0.00000137. The first-order valence-electron chi connectivity index (χ1n) is 6.57. The minimum atomic E-state index is -0.290. The largest absolute Gasteiger partial charge is 0.424 e. The number of ether oxygens (including phenoxy) is 1. The summed E-state index contributed by atoms with van der Waals surface area (Å²) in [7, 11) is 1.50. The maximum Gasteiger partial charge on any atom is 0.286 e. The number of hydrogen-bond donors (Lipinski definition) is 2. The number of aliphatic hydroxyl groups is 1. The molecule has 0 radical (unpaired) electrons. The average Bonchev–Trinajstić information content (AvgIpc) is 2.15. The molecule has 1 aliphatic carbocycles. The molecule has 0 aliphatic heterocycles. The van der Waals surface area contributed by atoms with E-state index in [0.29, 0.717) is 0 Å². The molecule has 3 unspecified atom stereocenters. The Morgan fingerprint density at radius 1 is 1.39 bits per heavy atom. The van der Waals surface area contributed by atoms with Crippen molar-refractivity contribution in [3.63, 3.8) is 0 Å². The predicted octanol–water partition coefficient (Wildman–Crippen LogP) is 2.41. The van der Waals surface area contributed by atoms with Crippen LogP contribution in [0.5, 0.6) is 0 Å². The van der Waals surface area contributed by atoms with E-state index in [1.54, 1.807) is 6.26 Å². The maximum atomic E-state index is 9.55. The van der Waals surface area contributed by atoms with E-state index in [4.69, 9.17) is 10.00 Å². The second-order valence-electron chi connectivity index (χ2n) is 6.44. The molecule has 0 aromatic heterocycles. The Bertz CT molecular complexity index is 284. The molecule has 0 bridgehead atoms. The third-order valence-electron chi connectivity index (χ3n) is 3.41. The quantitative estimate of drug-likeness (QED) is 0.760. The minimum absolute atomic E-state index is 0.0116. The molecule has 0 heterocycles. The Morgan fingerprint density at radius 2 is 1.94 bits per heavy atom. The zero-order chi connectivity index (χ0) is 14.4. The van der Waals surface area contributed by atoms with Crippen LogP contribution in [0, 0.1) is 22.3 Å². The van der Waals surface area contributed by atoms with Crippen molar-refractivity contribution in [2.75, 3.05) is 7.05 Å². The SMILES string of the molecule is CC(O)CC1(C)CC(OC#N)CC(C)(C)C1.CN. The summed E-state index contributed by atoms with van der Waals surface area (Å²) in [5.74, 6) is 0. The van der Waals surface area contributed by atoms with Gasteiger partial charge in [-0.3, -0.25) is 0 Å². The van der Waals surface area contributed by atoms with Crippen LogP contribution in [0.15, 0.2) is 0 Å². The van der Waals surface area contributed by atoms with Crippen LogP contribution in [0.3, 0.4) is 0 Å². The fraction of sp³-hybridized carbons (Fsp3) is 0.929. The lowest BCUT2D eigenvalue weighted by molar-refractivity contribution is -0.0307. The molecule has 1 saturated carbocycles. The van der Waals surface area contributed by atoms with Gasteiger partial charge in [0, 0.05) is 0 Å². The van der Waals surface area contributed by atoms with Gasteiger partial charge in [-0.25, -0.2) is 0 Å². The first-order chi connectivity index (χ1) is 8.26. The third kappa shape index (κ3) is 5.70. The summed E-state index contributed by atoms with van der Waals surface area (Å²) in [5.41, 5.74) is 4.76. The topological polar surface area (TPSA) is 79.3 Å².